The van der Waals surface area contributed by atoms with E-state index in [4.69, 9.17) is 4.74 Å². The van der Waals surface area contributed by atoms with Crippen LogP contribution >= 0.6 is 11.3 Å². The average Bonchev–Trinajstić information content (AvgIpc) is 3.10. The van der Waals surface area contributed by atoms with E-state index >= 15 is 0 Å². The molecule has 4 rings (SSSR count). The number of hydrogen-bond acceptors (Lipinski definition) is 5. The van der Waals surface area contributed by atoms with Gasteiger partial charge < -0.3 is 4.74 Å². The Kier molecular flexibility index (Phi) is 4.46. The van der Waals surface area contributed by atoms with Crippen molar-refractivity contribution in [1.82, 2.24) is 19.7 Å². The highest BCUT2D eigenvalue weighted by Crippen LogP contribution is 2.31. The van der Waals surface area contributed by atoms with E-state index in [1.807, 2.05) is 13.1 Å². The van der Waals surface area contributed by atoms with Crippen molar-refractivity contribution in [3.05, 3.63) is 34.0 Å². The van der Waals surface area contributed by atoms with Gasteiger partial charge in [-0.2, -0.15) is 5.10 Å². The van der Waals surface area contributed by atoms with Crippen molar-refractivity contribution >= 4 is 11.3 Å². The first-order valence-electron chi connectivity index (χ1n) is 8.55. The molecular weight excluding hydrogens is 308 g/mol. The minimum Gasteiger partial charge on any atom is -0.375 e. The van der Waals surface area contributed by atoms with Crippen molar-refractivity contribution in [3.63, 3.8) is 0 Å². The Morgan fingerprint density at radius 2 is 2.30 bits per heavy atom. The zero-order valence-electron chi connectivity index (χ0n) is 13.6. The van der Waals surface area contributed by atoms with Crippen LogP contribution in [0, 0.1) is 6.92 Å². The number of ether oxygens (including phenoxy) is 1. The molecule has 23 heavy (non-hydrogen) atoms. The van der Waals surface area contributed by atoms with E-state index in [-0.39, 0.29) is 0 Å². The smallest absolute Gasteiger partial charge is 0.0898 e. The fraction of sp³-hybridized carbons (Fsp3) is 0.647. The maximum Gasteiger partial charge on any atom is 0.0898 e. The van der Waals surface area contributed by atoms with Gasteiger partial charge in [-0.05, 0) is 32.3 Å². The first kappa shape index (κ1) is 15.3. The molecule has 3 heterocycles. The molecule has 1 aliphatic carbocycles. The number of rotatable bonds is 6. The maximum absolute atomic E-state index is 5.85. The molecule has 0 saturated heterocycles. The molecule has 0 aromatic carbocycles. The van der Waals surface area contributed by atoms with E-state index in [1.54, 1.807) is 11.3 Å². The van der Waals surface area contributed by atoms with E-state index in [0.29, 0.717) is 12.6 Å². The predicted octanol–water partition coefficient (Wildman–Crippen LogP) is 3.16. The van der Waals surface area contributed by atoms with Crippen LogP contribution in [-0.4, -0.2) is 38.9 Å². The van der Waals surface area contributed by atoms with E-state index in [1.165, 1.54) is 25.0 Å². The van der Waals surface area contributed by atoms with Crippen LogP contribution < -0.4 is 0 Å². The minimum atomic E-state index is 0.437. The number of thiazole rings is 1. The lowest BCUT2D eigenvalue weighted by molar-refractivity contribution is 0.0532. The highest BCUT2D eigenvalue weighted by Gasteiger charge is 2.32. The Labute approximate surface area is 141 Å². The first-order valence-corrected chi connectivity index (χ1v) is 9.43. The van der Waals surface area contributed by atoms with E-state index in [9.17, 15) is 0 Å². The Morgan fingerprint density at radius 3 is 3.04 bits per heavy atom. The normalized spacial score (nSPS) is 22.0. The molecule has 0 N–H and O–H groups in total. The third-order valence-electron chi connectivity index (χ3n) is 5.01. The summed E-state index contributed by atoms with van der Waals surface area (Å²) in [6.07, 6.45) is 7.06. The first-order chi connectivity index (χ1) is 11.3. The van der Waals surface area contributed by atoms with Crippen LogP contribution in [0.1, 0.15) is 48.1 Å². The summed E-state index contributed by atoms with van der Waals surface area (Å²) in [4.78, 5) is 7.09. The van der Waals surface area contributed by atoms with Crippen LogP contribution in [-0.2, 0) is 17.9 Å². The molecule has 0 radical (unpaired) electrons. The van der Waals surface area contributed by atoms with Crippen LogP contribution in [0.4, 0.5) is 0 Å². The summed E-state index contributed by atoms with van der Waals surface area (Å²) in [5.41, 5.74) is 2.40. The van der Waals surface area contributed by atoms with Gasteiger partial charge in [0.2, 0.25) is 0 Å². The van der Waals surface area contributed by atoms with Crippen LogP contribution in [0.15, 0.2) is 17.6 Å². The lowest BCUT2D eigenvalue weighted by atomic mass is 9.90. The SMILES string of the molecule is Cc1nc(COCCC2CN(C3CCC3)Cc3ccnn32)cs1. The highest BCUT2D eigenvalue weighted by molar-refractivity contribution is 7.09. The van der Waals surface area contributed by atoms with Crippen LogP contribution in [0.2, 0.25) is 0 Å². The second kappa shape index (κ2) is 6.71. The van der Waals surface area contributed by atoms with Gasteiger partial charge in [0, 0.05) is 37.3 Å². The number of hydrogen-bond donors (Lipinski definition) is 0. The average molecular weight is 332 g/mol. The van der Waals surface area contributed by atoms with E-state index < -0.39 is 0 Å². The number of nitrogens with zero attached hydrogens (tertiary/aromatic N) is 4. The number of fused-ring (bicyclic) bond motifs is 1. The van der Waals surface area contributed by atoms with Gasteiger partial charge in [-0.25, -0.2) is 4.98 Å². The van der Waals surface area contributed by atoms with Crippen molar-refractivity contribution in [2.45, 2.75) is 57.8 Å². The quantitative estimate of drug-likeness (QED) is 0.762. The molecule has 1 fully saturated rings. The van der Waals surface area contributed by atoms with Gasteiger partial charge in [0.15, 0.2) is 0 Å². The molecule has 1 aliphatic heterocycles. The number of aromatic nitrogens is 3. The highest BCUT2D eigenvalue weighted by atomic mass is 32.1. The Balaban J connectivity index is 1.32. The summed E-state index contributed by atoms with van der Waals surface area (Å²) in [6.45, 7) is 5.58. The zero-order valence-corrected chi connectivity index (χ0v) is 14.5. The molecule has 124 valence electrons. The summed E-state index contributed by atoms with van der Waals surface area (Å²) in [5.74, 6) is 0. The zero-order chi connectivity index (χ0) is 15.6. The molecule has 1 atom stereocenters. The molecule has 2 aromatic heterocycles. The topological polar surface area (TPSA) is 43.2 Å². The Morgan fingerprint density at radius 1 is 1.39 bits per heavy atom. The molecular formula is C17H24N4OS. The fourth-order valence-electron chi connectivity index (χ4n) is 3.53. The summed E-state index contributed by atoms with van der Waals surface area (Å²) >= 11 is 1.68. The van der Waals surface area contributed by atoms with Crippen LogP contribution in [0.25, 0.3) is 0 Å². The second-order valence-corrected chi connectivity index (χ2v) is 7.70. The molecule has 1 saturated carbocycles. The summed E-state index contributed by atoms with van der Waals surface area (Å²) in [6, 6.07) is 3.39. The molecule has 2 aliphatic rings. The van der Waals surface area contributed by atoms with Crippen molar-refractivity contribution in [2.24, 2.45) is 0 Å². The third-order valence-corrected chi connectivity index (χ3v) is 5.83. The van der Waals surface area contributed by atoms with Gasteiger partial charge >= 0.3 is 0 Å². The molecule has 0 amide bonds. The molecule has 5 nitrogen and oxygen atoms in total. The van der Waals surface area contributed by atoms with Crippen LogP contribution in [0.5, 0.6) is 0 Å². The lowest BCUT2D eigenvalue weighted by Crippen LogP contribution is -2.46. The van der Waals surface area contributed by atoms with Gasteiger partial charge in [-0.1, -0.05) is 6.42 Å². The molecule has 6 heteroatoms. The van der Waals surface area contributed by atoms with Crippen molar-refractivity contribution in [3.8, 4) is 0 Å². The summed E-state index contributed by atoms with van der Waals surface area (Å²) < 4.78 is 8.06. The van der Waals surface area contributed by atoms with Gasteiger partial charge in [0.1, 0.15) is 0 Å². The Hall–Kier alpha value is -1.24. The van der Waals surface area contributed by atoms with Crippen molar-refractivity contribution in [2.75, 3.05) is 13.2 Å². The second-order valence-electron chi connectivity index (χ2n) is 6.63. The summed E-state index contributed by atoms with van der Waals surface area (Å²) in [5, 5.41) is 7.73. The molecule has 2 aromatic rings. The monoisotopic (exact) mass is 332 g/mol. The molecule has 0 spiro atoms. The third kappa shape index (κ3) is 3.34. The fourth-order valence-corrected chi connectivity index (χ4v) is 4.13. The van der Waals surface area contributed by atoms with Crippen molar-refractivity contribution in [1.29, 1.82) is 0 Å². The minimum absolute atomic E-state index is 0.437. The van der Waals surface area contributed by atoms with E-state index in [0.717, 1.165) is 42.9 Å². The van der Waals surface area contributed by atoms with Crippen LogP contribution in [0.3, 0.4) is 0 Å². The van der Waals surface area contributed by atoms with Gasteiger partial charge in [-0.15, -0.1) is 11.3 Å². The van der Waals surface area contributed by atoms with Gasteiger partial charge in [-0.3, -0.25) is 9.58 Å². The lowest BCUT2D eigenvalue weighted by Gasteiger charge is -2.42. The Bertz CT molecular complexity index is 649. The standard InChI is InChI=1S/C17H24N4OS/c1-13-19-14(12-23-13)11-22-8-6-17-10-20(15-3-2-4-15)9-16-5-7-18-21(16)17/h5,7,12,15,17H,2-4,6,8-11H2,1H3. The van der Waals surface area contributed by atoms with Gasteiger partial charge in [0.05, 0.1) is 29.0 Å². The largest absolute Gasteiger partial charge is 0.375 e. The number of aryl methyl sites for hydroxylation is 1. The predicted molar refractivity (Wildman–Crippen MR) is 90.4 cm³/mol. The van der Waals surface area contributed by atoms with E-state index in [2.05, 4.69) is 31.1 Å². The van der Waals surface area contributed by atoms with Gasteiger partial charge in [0.25, 0.3) is 0 Å². The molecule has 1 unspecified atom stereocenters. The summed E-state index contributed by atoms with van der Waals surface area (Å²) in [7, 11) is 0. The van der Waals surface area contributed by atoms with Crippen molar-refractivity contribution < 1.29 is 4.74 Å². The maximum atomic E-state index is 5.85. The molecule has 0 bridgehead atoms.